The zero-order chi connectivity index (χ0) is 20.6. The Hall–Kier alpha value is -1.16. The number of rotatable bonds is 5. The lowest BCUT2D eigenvalue weighted by atomic mass is 9.93. The summed E-state index contributed by atoms with van der Waals surface area (Å²) in [4.78, 5) is 5.11. The van der Waals surface area contributed by atoms with Crippen molar-refractivity contribution in [3.05, 3.63) is 52.2 Å². The summed E-state index contributed by atoms with van der Waals surface area (Å²) in [7, 11) is 1.68. The average molecular weight is 458 g/mol. The molecule has 0 N–H and O–H groups in total. The van der Waals surface area contributed by atoms with E-state index in [2.05, 4.69) is 18.0 Å². The predicted molar refractivity (Wildman–Crippen MR) is 111 cm³/mol. The lowest BCUT2D eigenvalue weighted by Crippen LogP contribution is -2.34. The van der Waals surface area contributed by atoms with Gasteiger partial charge in [-0.05, 0) is 32.1 Å². The first-order valence-corrected chi connectivity index (χ1v) is 11.6. The van der Waals surface area contributed by atoms with Crippen LogP contribution in [0.2, 0.25) is 0 Å². The molecule has 154 valence electrons. The van der Waals surface area contributed by atoms with Gasteiger partial charge in [-0.3, -0.25) is 0 Å². The summed E-state index contributed by atoms with van der Waals surface area (Å²) in [6.45, 7) is 4.58. The maximum Gasteiger partial charge on any atom is 0.416 e. The second kappa shape index (κ2) is 6.42. The molecule has 0 saturated carbocycles. The number of halogens is 3. The maximum atomic E-state index is 12.8. The summed E-state index contributed by atoms with van der Waals surface area (Å²) < 4.78 is 50.5. The molecule has 1 aliphatic carbocycles. The van der Waals surface area contributed by atoms with Crippen LogP contribution in [0.4, 0.5) is 13.2 Å². The molecule has 2 aliphatic heterocycles. The molecule has 2 saturated heterocycles. The smallest absolute Gasteiger partial charge is 0.416 e. The quantitative estimate of drug-likeness (QED) is 0.523. The minimum Gasteiger partial charge on any atom is -0.497 e. The minimum atomic E-state index is -4.34. The summed E-state index contributed by atoms with van der Waals surface area (Å²) in [6.07, 6.45) is -2.16. The third kappa shape index (κ3) is 3.12. The Morgan fingerprint density at radius 1 is 1.17 bits per heavy atom. The minimum absolute atomic E-state index is 0.223. The number of alkyl halides is 3. The van der Waals surface area contributed by atoms with Crippen molar-refractivity contribution in [2.24, 2.45) is 0 Å². The van der Waals surface area contributed by atoms with Gasteiger partial charge in [0, 0.05) is 15.6 Å². The number of hydrogen-bond donors (Lipinski definition) is 0. The zero-order valence-corrected chi connectivity index (χ0v) is 18.3. The van der Waals surface area contributed by atoms with Crippen molar-refractivity contribution in [3.63, 3.8) is 0 Å². The maximum absolute atomic E-state index is 12.8. The topological polar surface area (TPSA) is 31.4 Å². The van der Waals surface area contributed by atoms with Crippen molar-refractivity contribution < 1.29 is 22.6 Å². The predicted octanol–water partition coefficient (Wildman–Crippen LogP) is 5.88. The lowest BCUT2D eigenvalue weighted by molar-refractivity contribution is -0.137. The first-order valence-electron chi connectivity index (χ1n) is 9.07. The second-order valence-corrected chi connectivity index (χ2v) is 11.5. The fourth-order valence-electron chi connectivity index (χ4n) is 3.78. The van der Waals surface area contributed by atoms with Crippen molar-refractivity contribution in [1.82, 2.24) is 4.98 Å². The number of aryl methyl sites for hydroxylation is 1. The van der Waals surface area contributed by atoms with Crippen LogP contribution < -0.4 is 0 Å². The van der Waals surface area contributed by atoms with Gasteiger partial charge in [-0.25, -0.2) is 4.98 Å². The molecule has 3 nitrogen and oxygen atoms in total. The van der Waals surface area contributed by atoms with Gasteiger partial charge in [-0.2, -0.15) is 13.2 Å². The lowest BCUT2D eigenvalue weighted by Gasteiger charge is -2.23. The van der Waals surface area contributed by atoms with Gasteiger partial charge in [-0.15, -0.1) is 34.9 Å². The first-order chi connectivity index (χ1) is 13.7. The van der Waals surface area contributed by atoms with E-state index in [1.165, 1.54) is 23.5 Å². The first kappa shape index (κ1) is 19.8. The molecule has 3 heterocycles. The van der Waals surface area contributed by atoms with E-state index in [1.54, 1.807) is 18.9 Å². The number of fused-ring (bicyclic) bond motifs is 3. The number of hydrogen-bond acceptors (Lipinski definition) is 6. The van der Waals surface area contributed by atoms with Crippen LogP contribution in [0.25, 0.3) is 10.6 Å². The van der Waals surface area contributed by atoms with Crippen LogP contribution in [0.3, 0.4) is 0 Å². The molecular formula is C20H18F3NO2S3. The highest BCUT2D eigenvalue weighted by Gasteiger charge is 2.78. The molecule has 3 aliphatic rings. The Morgan fingerprint density at radius 2 is 1.90 bits per heavy atom. The number of thiazole rings is 1. The van der Waals surface area contributed by atoms with E-state index in [1.807, 2.05) is 18.7 Å². The molecule has 0 amide bonds. The Bertz CT molecular complexity index is 1000. The van der Waals surface area contributed by atoms with Gasteiger partial charge in [0.15, 0.2) is 4.93 Å². The number of benzene rings is 1. The van der Waals surface area contributed by atoms with Gasteiger partial charge in [0.05, 0.1) is 35.1 Å². The molecule has 4 atom stereocenters. The van der Waals surface area contributed by atoms with Crippen LogP contribution in [-0.4, -0.2) is 32.3 Å². The molecule has 1 aromatic heterocycles. The third-order valence-electron chi connectivity index (χ3n) is 5.63. The van der Waals surface area contributed by atoms with Crippen LogP contribution in [-0.2, 0) is 22.3 Å². The monoisotopic (exact) mass is 457 g/mol. The van der Waals surface area contributed by atoms with E-state index in [0.29, 0.717) is 27.7 Å². The van der Waals surface area contributed by atoms with Gasteiger partial charge in [0.1, 0.15) is 10.8 Å². The van der Waals surface area contributed by atoms with Crippen LogP contribution in [0, 0.1) is 6.92 Å². The van der Waals surface area contributed by atoms with Gasteiger partial charge in [-0.1, -0.05) is 12.1 Å². The Kier molecular flexibility index (Phi) is 4.38. The molecule has 29 heavy (non-hydrogen) atoms. The Morgan fingerprint density at radius 3 is 2.55 bits per heavy atom. The van der Waals surface area contributed by atoms with E-state index >= 15 is 0 Å². The fraction of sp³-hybridized carbons (Fsp3) is 0.450. The highest BCUT2D eigenvalue weighted by molar-refractivity contribution is 8.14. The number of aromatic nitrogens is 1. The summed E-state index contributed by atoms with van der Waals surface area (Å²) in [6, 6.07) is 5.12. The number of ether oxygens (including phenoxy) is 2. The molecule has 5 rings (SSSR count). The summed E-state index contributed by atoms with van der Waals surface area (Å²) in [5.41, 5.74) is 0.858. The number of thioether (sulfide) groups is 2. The molecular weight excluding hydrogens is 439 g/mol. The Labute approximate surface area is 179 Å². The van der Waals surface area contributed by atoms with E-state index < -0.39 is 16.7 Å². The molecule has 9 heteroatoms. The zero-order valence-electron chi connectivity index (χ0n) is 15.9. The highest BCUT2D eigenvalue weighted by atomic mass is 32.2. The summed E-state index contributed by atoms with van der Waals surface area (Å²) in [5, 5.41) is 1.58. The van der Waals surface area contributed by atoms with E-state index in [9.17, 15) is 13.2 Å². The SMILES string of the molecule is COC1=CC2SC2(C)C2SC12OCc1sc(-c2ccc(C(F)(F)F)cc2)nc1C. The summed E-state index contributed by atoms with van der Waals surface area (Å²) >= 11 is 5.21. The van der Waals surface area contributed by atoms with Crippen molar-refractivity contribution in [1.29, 1.82) is 0 Å². The van der Waals surface area contributed by atoms with E-state index in [4.69, 9.17) is 9.47 Å². The van der Waals surface area contributed by atoms with Gasteiger partial charge in [0.2, 0.25) is 0 Å². The molecule has 4 unspecified atom stereocenters. The molecule has 0 bridgehead atoms. The van der Waals surface area contributed by atoms with E-state index in [0.717, 1.165) is 28.5 Å². The molecule has 0 spiro atoms. The Balaban J connectivity index is 1.33. The summed E-state index contributed by atoms with van der Waals surface area (Å²) in [5.74, 6) is 0.894. The highest BCUT2D eigenvalue weighted by Crippen LogP contribution is 2.77. The van der Waals surface area contributed by atoms with Gasteiger partial charge in [0.25, 0.3) is 0 Å². The van der Waals surface area contributed by atoms with Gasteiger partial charge < -0.3 is 9.47 Å². The van der Waals surface area contributed by atoms with Crippen molar-refractivity contribution >= 4 is 34.9 Å². The fourth-order valence-corrected chi connectivity index (χ4v) is 7.88. The normalized spacial score (nSPS) is 32.3. The van der Waals surface area contributed by atoms with Crippen molar-refractivity contribution in [3.8, 4) is 10.6 Å². The molecule has 0 radical (unpaired) electrons. The van der Waals surface area contributed by atoms with Crippen molar-refractivity contribution in [2.75, 3.05) is 7.11 Å². The van der Waals surface area contributed by atoms with Crippen LogP contribution in [0.5, 0.6) is 0 Å². The molecule has 1 aromatic carbocycles. The van der Waals surface area contributed by atoms with Crippen LogP contribution in [0.15, 0.2) is 36.1 Å². The van der Waals surface area contributed by atoms with Crippen LogP contribution >= 0.6 is 34.9 Å². The number of nitrogens with zero attached hydrogens (tertiary/aromatic N) is 1. The molecule has 2 aromatic rings. The number of methoxy groups -OCH3 is 1. The molecule has 2 fully saturated rings. The van der Waals surface area contributed by atoms with Gasteiger partial charge >= 0.3 is 6.18 Å². The standard InChI is InChI=1S/C20H18F3NO2S3/c1-10-13(27-16(24-10)11-4-6-12(7-5-11)20(21,22)23)9-26-19-14(25-3)8-15-18(2,28-15)17(19)29-19/h4-8,15,17H,9H2,1-3H3. The average Bonchev–Trinajstić information content (AvgIpc) is 3.54. The van der Waals surface area contributed by atoms with Crippen LogP contribution in [0.1, 0.15) is 23.1 Å². The second-order valence-electron chi connectivity index (χ2n) is 7.51. The van der Waals surface area contributed by atoms with Crippen molar-refractivity contribution in [2.45, 2.75) is 46.8 Å². The van der Waals surface area contributed by atoms with E-state index in [-0.39, 0.29) is 4.75 Å². The largest absolute Gasteiger partial charge is 0.497 e. The third-order valence-corrected chi connectivity index (χ3v) is 10.3.